The van der Waals surface area contributed by atoms with Crippen molar-refractivity contribution in [2.75, 3.05) is 6.61 Å². The lowest BCUT2D eigenvalue weighted by Gasteiger charge is -1.92. The van der Waals surface area contributed by atoms with Crippen LogP contribution in [-0.4, -0.2) is 18.4 Å². The molecule has 1 aliphatic rings. The smallest absolute Gasteiger partial charge is 0.342 e. The summed E-state index contributed by atoms with van der Waals surface area (Å²) in [6.07, 6.45) is 1.55. The van der Waals surface area contributed by atoms with E-state index in [0.717, 1.165) is 5.56 Å². The van der Waals surface area contributed by atoms with E-state index in [1.807, 2.05) is 30.3 Å². The lowest BCUT2D eigenvalue weighted by molar-refractivity contribution is -0.135. The fourth-order valence-electron chi connectivity index (χ4n) is 1.26. The number of esters is 1. The Hall–Kier alpha value is -1.90. The molecular weight excluding hydrogens is 180 g/mol. The molecule has 70 valence electrons. The summed E-state index contributed by atoms with van der Waals surface area (Å²) in [7, 11) is 0. The summed E-state index contributed by atoms with van der Waals surface area (Å²) in [6.45, 7) is -0.127. The normalized spacial score (nSPS) is 18.7. The van der Waals surface area contributed by atoms with E-state index < -0.39 is 5.97 Å². The van der Waals surface area contributed by atoms with Crippen LogP contribution in [0.15, 0.2) is 35.9 Å². The van der Waals surface area contributed by atoms with Gasteiger partial charge in [0.1, 0.15) is 5.57 Å². The average Bonchev–Trinajstić information content (AvgIpc) is 2.51. The molecule has 0 aromatic heterocycles. The van der Waals surface area contributed by atoms with Crippen LogP contribution in [0.4, 0.5) is 0 Å². The van der Waals surface area contributed by atoms with Gasteiger partial charge in [-0.25, -0.2) is 4.79 Å². The molecule has 0 spiro atoms. The van der Waals surface area contributed by atoms with Crippen molar-refractivity contribution in [2.45, 2.75) is 0 Å². The van der Waals surface area contributed by atoms with E-state index in [1.165, 1.54) is 0 Å². The number of carbonyl (C=O) groups excluding carboxylic acids is 2. The molecule has 0 unspecified atom stereocenters. The summed E-state index contributed by atoms with van der Waals surface area (Å²) in [5, 5.41) is 0. The summed E-state index contributed by atoms with van der Waals surface area (Å²) < 4.78 is 4.59. The number of ether oxygens (including phenoxy) is 1. The zero-order valence-corrected chi connectivity index (χ0v) is 7.40. The molecule has 1 saturated heterocycles. The fourth-order valence-corrected chi connectivity index (χ4v) is 1.26. The number of benzene rings is 1. The molecule has 0 amide bonds. The molecule has 1 heterocycles. The Kier molecular flexibility index (Phi) is 2.14. The maximum Gasteiger partial charge on any atom is 0.342 e. The SMILES string of the molecule is O=C1COC(=O)/C1=C\c1ccccc1. The van der Waals surface area contributed by atoms with Crippen molar-refractivity contribution < 1.29 is 14.3 Å². The molecule has 3 nitrogen and oxygen atoms in total. The molecule has 0 radical (unpaired) electrons. The monoisotopic (exact) mass is 188 g/mol. The zero-order valence-electron chi connectivity index (χ0n) is 7.40. The minimum atomic E-state index is -0.529. The summed E-state index contributed by atoms with van der Waals surface area (Å²) in [6, 6.07) is 9.21. The molecule has 1 fully saturated rings. The molecule has 1 aromatic rings. The van der Waals surface area contributed by atoms with Crippen molar-refractivity contribution in [1.29, 1.82) is 0 Å². The number of hydrogen-bond acceptors (Lipinski definition) is 3. The number of hydrogen-bond donors (Lipinski definition) is 0. The molecule has 3 heteroatoms. The van der Waals surface area contributed by atoms with Crippen LogP contribution in [0.2, 0.25) is 0 Å². The summed E-state index contributed by atoms with van der Waals surface area (Å²) in [4.78, 5) is 22.3. The van der Waals surface area contributed by atoms with Gasteiger partial charge in [-0.1, -0.05) is 30.3 Å². The maximum absolute atomic E-state index is 11.2. The van der Waals surface area contributed by atoms with Crippen LogP contribution in [-0.2, 0) is 14.3 Å². The molecule has 0 atom stereocenters. The molecule has 0 N–H and O–H groups in total. The standard InChI is InChI=1S/C11H8O3/c12-10-7-14-11(13)9(10)6-8-4-2-1-3-5-8/h1-6H,7H2/b9-6-. The highest BCUT2D eigenvalue weighted by Gasteiger charge is 2.27. The minimum absolute atomic E-state index is 0.127. The van der Waals surface area contributed by atoms with Crippen LogP contribution in [0.5, 0.6) is 0 Å². The number of cyclic esters (lactones) is 1. The van der Waals surface area contributed by atoms with Gasteiger partial charge in [0.15, 0.2) is 6.61 Å². The predicted molar refractivity (Wildman–Crippen MR) is 50.4 cm³/mol. The molecule has 0 bridgehead atoms. The van der Waals surface area contributed by atoms with Gasteiger partial charge in [0, 0.05) is 0 Å². The average molecular weight is 188 g/mol. The molecule has 2 rings (SSSR count). The highest BCUT2D eigenvalue weighted by Crippen LogP contribution is 2.14. The topological polar surface area (TPSA) is 43.4 Å². The van der Waals surface area contributed by atoms with Crippen LogP contribution in [0.3, 0.4) is 0 Å². The molecule has 0 aliphatic carbocycles. The Balaban J connectivity index is 2.35. The van der Waals surface area contributed by atoms with Gasteiger partial charge in [0.2, 0.25) is 5.78 Å². The number of Topliss-reactive ketones (excluding diaryl/α,β-unsaturated/α-hetero) is 1. The van der Waals surface area contributed by atoms with E-state index in [2.05, 4.69) is 4.74 Å². The lowest BCUT2D eigenvalue weighted by atomic mass is 10.1. The third-order valence-electron chi connectivity index (χ3n) is 1.97. The van der Waals surface area contributed by atoms with Crippen molar-refractivity contribution in [3.8, 4) is 0 Å². The first-order chi connectivity index (χ1) is 6.77. The number of ketones is 1. The van der Waals surface area contributed by atoms with Crippen molar-refractivity contribution in [3.05, 3.63) is 41.5 Å². The zero-order chi connectivity index (χ0) is 9.97. The molecule has 1 aromatic carbocycles. The van der Waals surface area contributed by atoms with Crippen molar-refractivity contribution in [1.82, 2.24) is 0 Å². The summed E-state index contributed by atoms with van der Waals surface area (Å²) in [5.74, 6) is -0.780. The Bertz CT molecular complexity index is 386. The first-order valence-corrected chi connectivity index (χ1v) is 4.24. The van der Waals surface area contributed by atoms with Crippen LogP contribution in [0.25, 0.3) is 6.08 Å². The third-order valence-corrected chi connectivity index (χ3v) is 1.97. The van der Waals surface area contributed by atoms with Gasteiger partial charge in [-0.2, -0.15) is 0 Å². The van der Waals surface area contributed by atoms with Gasteiger partial charge < -0.3 is 4.74 Å². The highest BCUT2D eigenvalue weighted by molar-refractivity contribution is 6.24. The van der Waals surface area contributed by atoms with E-state index >= 15 is 0 Å². The van der Waals surface area contributed by atoms with Gasteiger partial charge in [-0.3, -0.25) is 4.79 Å². The Morgan fingerprint density at radius 3 is 2.43 bits per heavy atom. The van der Waals surface area contributed by atoms with E-state index in [0.29, 0.717) is 0 Å². The second-order valence-corrected chi connectivity index (χ2v) is 2.97. The summed E-state index contributed by atoms with van der Waals surface area (Å²) in [5.41, 5.74) is 0.964. The largest absolute Gasteiger partial charge is 0.454 e. The maximum atomic E-state index is 11.2. The second kappa shape index (κ2) is 3.46. The lowest BCUT2D eigenvalue weighted by Crippen LogP contribution is -2.00. The molecule has 0 saturated carbocycles. The Morgan fingerprint density at radius 2 is 1.86 bits per heavy atom. The molecule has 14 heavy (non-hydrogen) atoms. The van der Waals surface area contributed by atoms with E-state index in [4.69, 9.17) is 0 Å². The van der Waals surface area contributed by atoms with Gasteiger partial charge in [0.05, 0.1) is 0 Å². The van der Waals surface area contributed by atoms with Gasteiger partial charge >= 0.3 is 5.97 Å². The first-order valence-electron chi connectivity index (χ1n) is 4.24. The highest BCUT2D eigenvalue weighted by atomic mass is 16.5. The minimum Gasteiger partial charge on any atom is -0.454 e. The number of rotatable bonds is 1. The Morgan fingerprint density at radius 1 is 1.14 bits per heavy atom. The molecule has 1 aliphatic heterocycles. The van der Waals surface area contributed by atoms with Crippen LogP contribution in [0, 0.1) is 0 Å². The molecular formula is C11H8O3. The third kappa shape index (κ3) is 1.57. The van der Waals surface area contributed by atoms with Crippen molar-refractivity contribution in [3.63, 3.8) is 0 Å². The van der Waals surface area contributed by atoms with Gasteiger partial charge in [-0.15, -0.1) is 0 Å². The van der Waals surface area contributed by atoms with Crippen molar-refractivity contribution in [2.24, 2.45) is 0 Å². The predicted octanol–water partition coefficient (Wildman–Crippen LogP) is 1.20. The van der Waals surface area contributed by atoms with Crippen LogP contribution < -0.4 is 0 Å². The van der Waals surface area contributed by atoms with E-state index in [-0.39, 0.29) is 18.0 Å². The number of carbonyl (C=O) groups is 2. The van der Waals surface area contributed by atoms with Crippen LogP contribution >= 0.6 is 0 Å². The van der Waals surface area contributed by atoms with Crippen LogP contribution in [0.1, 0.15) is 5.56 Å². The second-order valence-electron chi connectivity index (χ2n) is 2.97. The first kappa shape index (κ1) is 8.69. The van der Waals surface area contributed by atoms with Gasteiger partial charge in [0.25, 0.3) is 0 Å². The quantitative estimate of drug-likeness (QED) is 0.378. The summed E-state index contributed by atoms with van der Waals surface area (Å²) >= 11 is 0. The van der Waals surface area contributed by atoms with Crippen molar-refractivity contribution >= 4 is 17.8 Å². The fraction of sp³-hybridized carbons (Fsp3) is 0.0909. The van der Waals surface area contributed by atoms with Gasteiger partial charge in [-0.05, 0) is 11.6 Å². The Labute approximate surface area is 81.0 Å². The van der Waals surface area contributed by atoms with E-state index in [9.17, 15) is 9.59 Å². The van der Waals surface area contributed by atoms with E-state index in [1.54, 1.807) is 6.08 Å².